The lowest BCUT2D eigenvalue weighted by molar-refractivity contribution is 0.0969. The van der Waals surface area contributed by atoms with E-state index in [1.807, 2.05) is 25.1 Å². The van der Waals surface area contributed by atoms with Gasteiger partial charge < -0.3 is 0 Å². The number of aromatic nitrogens is 4. The highest BCUT2D eigenvalue weighted by atomic mass is 32.1. The molecule has 0 N–H and O–H groups in total. The predicted octanol–water partition coefficient (Wildman–Crippen LogP) is 1.04. The van der Waals surface area contributed by atoms with Crippen LogP contribution < -0.4 is 5.69 Å². The van der Waals surface area contributed by atoms with Crippen LogP contribution in [0.15, 0.2) is 34.6 Å². The molecule has 1 saturated heterocycles. The van der Waals surface area contributed by atoms with E-state index in [0.717, 1.165) is 43.4 Å². The number of fused-ring (bicyclic) bond motifs is 1. The normalized spacial score (nSPS) is 16.9. The number of nitrogens with zero attached hydrogens (tertiary/aromatic N) is 6. The van der Waals surface area contributed by atoms with Crippen molar-refractivity contribution in [3.8, 4) is 0 Å². The molecule has 24 heavy (non-hydrogen) atoms. The summed E-state index contributed by atoms with van der Waals surface area (Å²) in [5.74, 6) is 0. The highest BCUT2D eigenvalue weighted by Gasteiger charge is 2.19. The molecule has 4 heterocycles. The quantitative estimate of drug-likeness (QED) is 0.708. The van der Waals surface area contributed by atoms with E-state index in [4.69, 9.17) is 0 Å². The number of thiazole rings is 1. The monoisotopic (exact) mass is 344 g/mol. The van der Waals surface area contributed by atoms with Crippen LogP contribution in [0.4, 0.5) is 0 Å². The summed E-state index contributed by atoms with van der Waals surface area (Å²) in [6.45, 7) is 7.33. The van der Waals surface area contributed by atoms with Crippen LogP contribution in [-0.4, -0.2) is 55.1 Å². The minimum Gasteiger partial charge on any atom is -0.295 e. The first-order valence-electron chi connectivity index (χ1n) is 8.09. The lowest BCUT2D eigenvalue weighted by atomic mass is 10.3. The molecule has 0 amide bonds. The summed E-state index contributed by atoms with van der Waals surface area (Å²) in [6, 6.07) is 5.59. The second-order valence-electron chi connectivity index (χ2n) is 6.10. The van der Waals surface area contributed by atoms with Crippen molar-refractivity contribution < 1.29 is 0 Å². The second-order valence-corrected chi connectivity index (χ2v) is 7.17. The van der Waals surface area contributed by atoms with Gasteiger partial charge in [-0.1, -0.05) is 6.07 Å². The van der Waals surface area contributed by atoms with Crippen LogP contribution >= 0.6 is 11.3 Å². The molecule has 1 aliphatic rings. The summed E-state index contributed by atoms with van der Waals surface area (Å²) in [5.41, 5.74) is 1.77. The zero-order chi connectivity index (χ0) is 16.5. The fraction of sp³-hybridized carbons (Fsp3) is 0.438. The Morgan fingerprint density at radius 1 is 1.17 bits per heavy atom. The maximum Gasteiger partial charge on any atom is 0.351 e. The second kappa shape index (κ2) is 6.46. The van der Waals surface area contributed by atoms with E-state index in [2.05, 4.69) is 25.3 Å². The van der Waals surface area contributed by atoms with Gasteiger partial charge in [0.05, 0.1) is 17.4 Å². The van der Waals surface area contributed by atoms with E-state index >= 15 is 0 Å². The van der Waals surface area contributed by atoms with E-state index in [1.54, 1.807) is 26.6 Å². The Morgan fingerprint density at radius 2 is 1.96 bits per heavy atom. The van der Waals surface area contributed by atoms with Gasteiger partial charge in [0.15, 0.2) is 5.65 Å². The van der Waals surface area contributed by atoms with E-state index in [-0.39, 0.29) is 5.69 Å². The average molecular weight is 344 g/mol. The molecule has 126 valence electrons. The molecular formula is C16H20N6OS. The third-order valence-corrected chi connectivity index (χ3v) is 5.16. The molecule has 0 bridgehead atoms. The van der Waals surface area contributed by atoms with Gasteiger partial charge in [-0.05, 0) is 19.1 Å². The molecule has 7 nitrogen and oxygen atoms in total. The van der Waals surface area contributed by atoms with Crippen LogP contribution in [0, 0.1) is 6.92 Å². The van der Waals surface area contributed by atoms with E-state index in [9.17, 15) is 4.79 Å². The molecular weight excluding hydrogens is 324 g/mol. The molecule has 1 fully saturated rings. The largest absolute Gasteiger partial charge is 0.351 e. The Bertz CT molecular complexity index is 889. The van der Waals surface area contributed by atoms with Crippen molar-refractivity contribution in [3.63, 3.8) is 0 Å². The highest BCUT2D eigenvalue weighted by molar-refractivity contribution is 7.09. The average Bonchev–Trinajstić information content (AvgIpc) is 3.14. The molecule has 1 aliphatic heterocycles. The Labute approximate surface area is 143 Å². The molecule has 0 atom stereocenters. The zero-order valence-electron chi connectivity index (χ0n) is 13.6. The van der Waals surface area contributed by atoms with Gasteiger partial charge in [-0.3, -0.25) is 14.2 Å². The first-order valence-corrected chi connectivity index (χ1v) is 8.97. The van der Waals surface area contributed by atoms with E-state index in [1.165, 1.54) is 0 Å². The number of piperazine rings is 1. The Balaban J connectivity index is 1.37. The fourth-order valence-electron chi connectivity index (χ4n) is 3.05. The SMILES string of the molecule is Cc1nc(CN2CCN(Cn3nc4ccccn4c3=O)CC2)cs1. The summed E-state index contributed by atoms with van der Waals surface area (Å²) in [6.07, 6.45) is 1.76. The van der Waals surface area contributed by atoms with Crippen molar-refractivity contribution in [1.29, 1.82) is 0 Å². The highest BCUT2D eigenvalue weighted by Crippen LogP contribution is 2.12. The van der Waals surface area contributed by atoms with Gasteiger partial charge in [0.2, 0.25) is 0 Å². The molecule has 4 rings (SSSR count). The van der Waals surface area contributed by atoms with Gasteiger partial charge in [-0.2, -0.15) is 4.68 Å². The van der Waals surface area contributed by atoms with Crippen molar-refractivity contribution >= 4 is 17.0 Å². The van der Waals surface area contributed by atoms with Gasteiger partial charge >= 0.3 is 5.69 Å². The fourth-order valence-corrected chi connectivity index (χ4v) is 3.65. The van der Waals surface area contributed by atoms with Crippen molar-refractivity contribution in [2.45, 2.75) is 20.1 Å². The van der Waals surface area contributed by atoms with Crippen molar-refractivity contribution in [2.24, 2.45) is 0 Å². The molecule has 0 aromatic carbocycles. The molecule has 3 aromatic heterocycles. The van der Waals surface area contributed by atoms with Crippen LogP contribution in [0.1, 0.15) is 10.7 Å². The van der Waals surface area contributed by atoms with E-state index in [0.29, 0.717) is 12.3 Å². The van der Waals surface area contributed by atoms with Crippen molar-refractivity contribution in [3.05, 3.63) is 51.0 Å². The molecule has 3 aromatic rings. The molecule has 0 aliphatic carbocycles. The summed E-state index contributed by atoms with van der Waals surface area (Å²) in [4.78, 5) is 21.6. The molecule has 0 radical (unpaired) electrons. The molecule has 0 saturated carbocycles. The van der Waals surface area contributed by atoms with Crippen LogP contribution in [0.3, 0.4) is 0 Å². The van der Waals surface area contributed by atoms with Crippen LogP contribution in [0.2, 0.25) is 0 Å². The van der Waals surface area contributed by atoms with Crippen LogP contribution in [-0.2, 0) is 13.2 Å². The standard InChI is InChI=1S/C16H20N6OS/c1-13-17-14(11-24-13)10-19-6-8-20(9-7-19)12-22-16(23)21-5-3-2-4-15(21)18-22/h2-5,11H,6-10,12H2,1H3. The number of rotatable bonds is 4. The van der Waals surface area contributed by atoms with Crippen molar-refractivity contribution in [2.75, 3.05) is 26.2 Å². The van der Waals surface area contributed by atoms with Gasteiger partial charge in [-0.15, -0.1) is 16.4 Å². The summed E-state index contributed by atoms with van der Waals surface area (Å²) in [5, 5.41) is 7.66. The Morgan fingerprint density at radius 3 is 2.67 bits per heavy atom. The smallest absolute Gasteiger partial charge is 0.295 e. The first-order chi connectivity index (χ1) is 11.7. The zero-order valence-corrected chi connectivity index (χ0v) is 14.4. The van der Waals surface area contributed by atoms with Gasteiger partial charge in [0, 0.05) is 44.3 Å². The number of hydrogen-bond donors (Lipinski definition) is 0. The maximum absolute atomic E-state index is 12.3. The molecule has 8 heteroatoms. The Kier molecular flexibility index (Phi) is 4.17. The topological polar surface area (TPSA) is 58.7 Å². The van der Waals surface area contributed by atoms with Crippen molar-refractivity contribution in [1.82, 2.24) is 29.0 Å². The summed E-state index contributed by atoms with van der Waals surface area (Å²) in [7, 11) is 0. The third kappa shape index (κ3) is 3.12. The summed E-state index contributed by atoms with van der Waals surface area (Å²) < 4.78 is 3.13. The minimum absolute atomic E-state index is 0.0778. The van der Waals surface area contributed by atoms with Gasteiger partial charge in [0.25, 0.3) is 0 Å². The Hall–Kier alpha value is -2.03. The third-order valence-electron chi connectivity index (χ3n) is 4.34. The van der Waals surface area contributed by atoms with Crippen LogP contribution in [0.25, 0.3) is 5.65 Å². The van der Waals surface area contributed by atoms with E-state index < -0.39 is 0 Å². The van der Waals surface area contributed by atoms with Crippen LogP contribution in [0.5, 0.6) is 0 Å². The maximum atomic E-state index is 12.3. The van der Waals surface area contributed by atoms with Gasteiger partial charge in [0.1, 0.15) is 0 Å². The lowest BCUT2D eigenvalue weighted by Gasteiger charge is -2.33. The molecule has 0 unspecified atom stereocenters. The summed E-state index contributed by atoms with van der Waals surface area (Å²) >= 11 is 1.70. The first kappa shape index (κ1) is 15.5. The number of aryl methyl sites for hydroxylation is 1. The minimum atomic E-state index is -0.0778. The predicted molar refractivity (Wildman–Crippen MR) is 93.2 cm³/mol. The lowest BCUT2D eigenvalue weighted by Crippen LogP contribution is -2.47. The van der Waals surface area contributed by atoms with Gasteiger partial charge in [-0.25, -0.2) is 9.78 Å². The number of hydrogen-bond acceptors (Lipinski definition) is 6. The molecule has 0 spiro atoms. The number of pyridine rings is 1.